The number of ether oxygens (including phenoxy) is 2. The van der Waals surface area contributed by atoms with Crippen LogP contribution < -0.4 is 14.8 Å². The van der Waals surface area contributed by atoms with Gasteiger partial charge in [-0.3, -0.25) is 10.1 Å². The molecule has 0 saturated heterocycles. The van der Waals surface area contributed by atoms with Gasteiger partial charge in [-0.15, -0.1) is 11.3 Å². The minimum Gasteiger partial charge on any atom is -0.493 e. The smallest absolute Gasteiger partial charge is 0.264 e. The number of methoxy groups -OCH3 is 1. The van der Waals surface area contributed by atoms with E-state index >= 15 is 0 Å². The molecular weight excluding hydrogens is 407 g/mol. The molecule has 1 N–H and O–H groups in total. The molecule has 27 heavy (non-hydrogen) atoms. The maximum absolute atomic E-state index is 12.1. The normalized spacial score (nSPS) is 10.5. The van der Waals surface area contributed by atoms with Crippen molar-refractivity contribution in [2.24, 2.45) is 0 Å². The summed E-state index contributed by atoms with van der Waals surface area (Å²) in [6, 6.07) is 12.5. The number of para-hydroxylation sites is 2. The predicted molar refractivity (Wildman–Crippen MR) is 109 cm³/mol. The third-order valence-electron chi connectivity index (χ3n) is 3.60. The highest BCUT2D eigenvalue weighted by atomic mass is 35.5. The van der Waals surface area contributed by atoms with E-state index in [1.54, 1.807) is 37.6 Å². The largest absolute Gasteiger partial charge is 0.493 e. The van der Waals surface area contributed by atoms with E-state index in [-0.39, 0.29) is 12.5 Å². The standard InChI is InChI=1S/C19H16Cl2N2O3S/c1-25-16-4-2-3-5-17(16)26-11-18(24)23-19-22-10-14(27-19)9-12-8-13(20)6-7-15(12)21/h2-8,10H,9,11H2,1H3,(H,22,23,24). The van der Waals surface area contributed by atoms with Crippen molar-refractivity contribution in [3.63, 3.8) is 0 Å². The molecular formula is C19H16Cl2N2O3S. The molecule has 0 atom stereocenters. The number of halogens is 2. The van der Waals surface area contributed by atoms with Crippen LogP contribution in [0.5, 0.6) is 11.5 Å². The lowest BCUT2D eigenvalue weighted by atomic mass is 10.1. The van der Waals surface area contributed by atoms with Crippen LogP contribution in [-0.2, 0) is 11.2 Å². The number of hydrogen-bond donors (Lipinski definition) is 1. The Hall–Kier alpha value is -2.28. The van der Waals surface area contributed by atoms with Gasteiger partial charge < -0.3 is 9.47 Å². The lowest BCUT2D eigenvalue weighted by Gasteiger charge is -2.09. The number of anilines is 1. The second-order valence-electron chi connectivity index (χ2n) is 5.53. The summed E-state index contributed by atoms with van der Waals surface area (Å²) in [5.74, 6) is 0.772. The molecule has 1 heterocycles. The first-order chi connectivity index (χ1) is 13.0. The Morgan fingerprint density at radius 1 is 1.19 bits per heavy atom. The van der Waals surface area contributed by atoms with Gasteiger partial charge in [0.15, 0.2) is 23.2 Å². The quantitative estimate of drug-likeness (QED) is 0.577. The fourth-order valence-corrected chi connectivity index (χ4v) is 3.58. The van der Waals surface area contributed by atoms with Crippen LogP contribution >= 0.6 is 34.5 Å². The number of thiazole rings is 1. The van der Waals surface area contributed by atoms with Crippen molar-refractivity contribution in [1.29, 1.82) is 0 Å². The van der Waals surface area contributed by atoms with E-state index < -0.39 is 0 Å². The van der Waals surface area contributed by atoms with Crippen LogP contribution in [0.4, 0.5) is 5.13 Å². The molecule has 0 fully saturated rings. The number of hydrogen-bond acceptors (Lipinski definition) is 5. The number of rotatable bonds is 7. The van der Waals surface area contributed by atoms with Crippen LogP contribution in [0.15, 0.2) is 48.7 Å². The SMILES string of the molecule is COc1ccccc1OCC(=O)Nc1ncc(Cc2cc(Cl)ccc2Cl)s1. The number of benzene rings is 2. The third kappa shape index (κ3) is 5.35. The van der Waals surface area contributed by atoms with Crippen LogP contribution in [0.1, 0.15) is 10.4 Å². The Bertz CT molecular complexity index is 946. The van der Waals surface area contributed by atoms with Crippen molar-refractivity contribution in [1.82, 2.24) is 4.98 Å². The molecule has 0 unspecified atom stereocenters. The van der Waals surface area contributed by atoms with Gasteiger partial charge in [-0.2, -0.15) is 0 Å². The summed E-state index contributed by atoms with van der Waals surface area (Å²) >= 11 is 13.6. The number of nitrogens with zero attached hydrogens (tertiary/aromatic N) is 1. The number of carbonyl (C=O) groups excluding carboxylic acids is 1. The second-order valence-corrected chi connectivity index (χ2v) is 7.49. The van der Waals surface area contributed by atoms with Crippen molar-refractivity contribution in [2.45, 2.75) is 6.42 Å². The zero-order chi connectivity index (χ0) is 19.2. The molecule has 1 amide bonds. The molecule has 5 nitrogen and oxygen atoms in total. The molecule has 3 rings (SSSR count). The number of aromatic nitrogens is 1. The molecule has 3 aromatic rings. The van der Waals surface area contributed by atoms with E-state index in [1.807, 2.05) is 18.2 Å². The van der Waals surface area contributed by atoms with Gasteiger partial charge >= 0.3 is 0 Å². The van der Waals surface area contributed by atoms with E-state index in [4.69, 9.17) is 32.7 Å². The van der Waals surface area contributed by atoms with E-state index in [0.29, 0.717) is 33.1 Å². The minimum atomic E-state index is -0.303. The van der Waals surface area contributed by atoms with Crippen LogP contribution in [-0.4, -0.2) is 24.6 Å². The maximum atomic E-state index is 12.1. The van der Waals surface area contributed by atoms with E-state index in [1.165, 1.54) is 11.3 Å². The molecule has 0 aliphatic rings. The Kier molecular flexibility index (Phi) is 6.55. The van der Waals surface area contributed by atoms with Crippen LogP contribution in [0.2, 0.25) is 10.0 Å². The first kappa shape index (κ1) is 19.5. The van der Waals surface area contributed by atoms with Gasteiger partial charge in [-0.05, 0) is 35.9 Å². The minimum absolute atomic E-state index is 0.143. The van der Waals surface area contributed by atoms with Crippen molar-refractivity contribution in [2.75, 3.05) is 19.0 Å². The average molecular weight is 423 g/mol. The molecule has 0 radical (unpaired) electrons. The van der Waals surface area contributed by atoms with Crippen molar-refractivity contribution in [3.8, 4) is 11.5 Å². The van der Waals surface area contributed by atoms with Crippen molar-refractivity contribution >= 4 is 45.6 Å². The molecule has 0 aliphatic carbocycles. The lowest BCUT2D eigenvalue weighted by molar-refractivity contribution is -0.118. The topological polar surface area (TPSA) is 60.5 Å². The Balaban J connectivity index is 1.57. The molecule has 8 heteroatoms. The summed E-state index contributed by atoms with van der Waals surface area (Å²) in [7, 11) is 1.55. The van der Waals surface area contributed by atoms with Gasteiger partial charge in [0, 0.05) is 27.5 Å². The summed E-state index contributed by atoms with van der Waals surface area (Å²) in [6.45, 7) is -0.143. The fourth-order valence-electron chi connectivity index (χ4n) is 2.35. The number of nitrogens with one attached hydrogen (secondary N) is 1. The second kappa shape index (κ2) is 9.08. The number of amides is 1. The van der Waals surface area contributed by atoms with E-state index in [2.05, 4.69) is 10.3 Å². The van der Waals surface area contributed by atoms with Gasteiger partial charge in [0.05, 0.1) is 7.11 Å². The summed E-state index contributed by atoms with van der Waals surface area (Å²) in [4.78, 5) is 17.3. The molecule has 0 bridgehead atoms. The summed E-state index contributed by atoms with van der Waals surface area (Å²) in [5, 5.41) is 4.49. The van der Waals surface area contributed by atoms with Crippen LogP contribution in [0.3, 0.4) is 0 Å². The highest BCUT2D eigenvalue weighted by molar-refractivity contribution is 7.15. The van der Waals surface area contributed by atoms with E-state index in [9.17, 15) is 4.79 Å². The van der Waals surface area contributed by atoms with Crippen molar-refractivity contribution in [3.05, 3.63) is 69.1 Å². The average Bonchev–Trinajstić information content (AvgIpc) is 3.10. The molecule has 140 valence electrons. The molecule has 0 aliphatic heterocycles. The Labute approximate surface area is 170 Å². The van der Waals surface area contributed by atoms with Gasteiger partial charge in [0.1, 0.15) is 0 Å². The molecule has 0 saturated carbocycles. The molecule has 0 spiro atoms. The monoisotopic (exact) mass is 422 g/mol. The lowest BCUT2D eigenvalue weighted by Crippen LogP contribution is -2.20. The first-order valence-corrected chi connectivity index (χ1v) is 9.56. The zero-order valence-corrected chi connectivity index (χ0v) is 16.7. The highest BCUT2D eigenvalue weighted by Gasteiger charge is 2.11. The van der Waals surface area contributed by atoms with Crippen LogP contribution in [0.25, 0.3) is 0 Å². The maximum Gasteiger partial charge on any atom is 0.264 e. The summed E-state index contributed by atoms with van der Waals surface area (Å²) in [5.41, 5.74) is 0.908. The molecule has 1 aromatic heterocycles. The summed E-state index contributed by atoms with van der Waals surface area (Å²) < 4.78 is 10.7. The van der Waals surface area contributed by atoms with E-state index in [0.717, 1.165) is 10.4 Å². The number of carbonyl (C=O) groups is 1. The van der Waals surface area contributed by atoms with Gasteiger partial charge in [-0.25, -0.2) is 4.98 Å². The zero-order valence-electron chi connectivity index (χ0n) is 14.4. The predicted octanol–water partition coefficient (Wildman–Crippen LogP) is 5.07. The molecule has 2 aromatic carbocycles. The van der Waals surface area contributed by atoms with Gasteiger partial charge in [-0.1, -0.05) is 35.3 Å². The Morgan fingerprint density at radius 2 is 1.96 bits per heavy atom. The fraction of sp³-hybridized carbons (Fsp3) is 0.158. The van der Waals surface area contributed by atoms with Gasteiger partial charge in [0.25, 0.3) is 5.91 Å². The third-order valence-corrected chi connectivity index (χ3v) is 5.12. The first-order valence-electron chi connectivity index (χ1n) is 7.99. The Morgan fingerprint density at radius 3 is 2.74 bits per heavy atom. The van der Waals surface area contributed by atoms with Crippen molar-refractivity contribution < 1.29 is 14.3 Å². The highest BCUT2D eigenvalue weighted by Crippen LogP contribution is 2.28. The van der Waals surface area contributed by atoms with Crippen LogP contribution in [0, 0.1) is 0 Å². The summed E-state index contributed by atoms with van der Waals surface area (Å²) in [6.07, 6.45) is 2.29. The van der Waals surface area contributed by atoms with Gasteiger partial charge in [0.2, 0.25) is 0 Å².